The third-order valence-corrected chi connectivity index (χ3v) is 4.81. The minimum absolute atomic E-state index is 0.239. The van der Waals surface area contributed by atoms with Crippen molar-refractivity contribution in [3.8, 4) is 0 Å². The number of likely N-dealkylation sites (N-methyl/N-ethyl adjacent to an activating group) is 1. The molecule has 1 unspecified atom stereocenters. The molecule has 0 spiro atoms. The number of likely N-dealkylation sites (tertiary alicyclic amines) is 1. The fourth-order valence-corrected chi connectivity index (χ4v) is 3.50. The van der Waals surface area contributed by atoms with Gasteiger partial charge in [-0.15, -0.1) is 0 Å². The maximum absolute atomic E-state index is 12.0. The second kappa shape index (κ2) is 7.25. The number of nitrogens with two attached hydrogens (primary N) is 1. The molecule has 1 aliphatic heterocycles. The van der Waals surface area contributed by atoms with E-state index >= 15 is 0 Å². The van der Waals surface area contributed by atoms with E-state index in [4.69, 9.17) is 5.73 Å². The Morgan fingerprint density at radius 1 is 1.26 bits per heavy atom. The Hall–Kier alpha value is -0.610. The van der Waals surface area contributed by atoms with Gasteiger partial charge in [0.25, 0.3) is 0 Å². The van der Waals surface area contributed by atoms with Crippen molar-refractivity contribution in [3.05, 3.63) is 0 Å². The average Bonchev–Trinajstić information content (AvgIpc) is 2.86. The van der Waals surface area contributed by atoms with Gasteiger partial charge in [-0.2, -0.15) is 0 Å². The van der Waals surface area contributed by atoms with Gasteiger partial charge in [-0.05, 0) is 57.5 Å². The van der Waals surface area contributed by atoms with Crippen molar-refractivity contribution in [3.63, 3.8) is 0 Å². The van der Waals surface area contributed by atoms with Crippen molar-refractivity contribution in [2.24, 2.45) is 11.7 Å². The van der Waals surface area contributed by atoms with Crippen LogP contribution in [0.15, 0.2) is 0 Å². The second-order valence-electron chi connectivity index (χ2n) is 6.21. The van der Waals surface area contributed by atoms with E-state index in [0.29, 0.717) is 24.4 Å². The lowest BCUT2D eigenvalue weighted by molar-refractivity contribution is -0.122. The lowest BCUT2D eigenvalue weighted by Gasteiger charge is -2.26. The Bertz CT molecular complexity index is 287. The first-order valence-electron chi connectivity index (χ1n) is 7.95. The lowest BCUT2D eigenvalue weighted by Crippen LogP contribution is -2.40. The van der Waals surface area contributed by atoms with Crippen LogP contribution in [0.3, 0.4) is 0 Å². The monoisotopic (exact) mass is 267 g/mol. The maximum Gasteiger partial charge on any atom is 0.220 e. The summed E-state index contributed by atoms with van der Waals surface area (Å²) in [5.41, 5.74) is 5.89. The summed E-state index contributed by atoms with van der Waals surface area (Å²) in [6.07, 6.45) is 7.62. The fraction of sp³-hybridized carbons (Fsp3) is 0.933. The van der Waals surface area contributed by atoms with Crippen LogP contribution in [0.4, 0.5) is 0 Å². The third kappa shape index (κ3) is 4.46. The normalized spacial score (nSPS) is 32.4. The highest BCUT2D eigenvalue weighted by Crippen LogP contribution is 2.25. The molecule has 2 aliphatic rings. The summed E-state index contributed by atoms with van der Waals surface area (Å²) in [7, 11) is 0. The highest BCUT2D eigenvalue weighted by Gasteiger charge is 2.24. The summed E-state index contributed by atoms with van der Waals surface area (Å²) in [6, 6.07) is 0.935. The molecule has 2 rings (SSSR count). The summed E-state index contributed by atoms with van der Waals surface area (Å²) >= 11 is 0. The zero-order chi connectivity index (χ0) is 13.7. The van der Waals surface area contributed by atoms with Gasteiger partial charge in [0.2, 0.25) is 5.91 Å². The molecule has 1 heterocycles. The highest BCUT2D eigenvalue weighted by atomic mass is 16.1. The largest absolute Gasteiger partial charge is 0.355 e. The zero-order valence-corrected chi connectivity index (χ0v) is 12.2. The number of hydrogen-bond donors (Lipinski definition) is 2. The van der Waals surface area contributed by atoms with Gasteiger partial charge in [0.15, 0.2) is 0 Å². The van der Waals surface area contributed by atoms with E-state index in [1.54, 1.807) is 0 Å². The molecule has 19 heavy (non-hydrogen) atoms. The number of nitrogens with zero attached hydrogens (tertiary/aromatic N) is 1. The van der Waals surface area contributed by atoms with Crippen LogP contribution in [0.2, 0.25) is 0 Å². The average molecular weight is 267 g/mol. The Morgan fingerprint density at radius 2 is 2.00 bits per heavy atom. The minimum Gasteiger partial charge on any atom is -0.355 e. The van der Waals surface area contributed by atoms with Crippen LogP contribution in [-0.2, 0) is 4.79 Å². The summed E-state index contributed by atoms with van der Waals surface area (Å²) in [5, 5.41) is 3.14. The number of amides is 1. The lowest BCUT2D eigenvalue weighted by atomic mass is 9.84. The van der Waals surface area contributed by atoms with Gasteiger partial charge in [-0.1, -0.05) is 6.92 Å². The van der Waals surface area contributed by atoms with Crippen molar-refractivity contribution in [1.82, 2.24) is 10.2 Å². The van der Waals surface area contributed by atoms with Crippen LogP contribution >= 0.6 is 0 Å². The first-order chi connectivity index (χ1) is 9.19. The first kappa shape index (κ1) is 14.8. The van der Waals surface area contributed by atoms with Gasteiger partial charge in [0, 0.05) is 25.0 Å². The summed E-state index contributed by atoms with van der Waals surface area (Å²) in [4.78, 5) is 14.5. The maximum atomic E-state index is 12.0. The molecule has 1 saturated heterocycles. The Morgan fingerprint density at radius 3 is 2.68 bits per heavy atom. The predicted molar refractivity (Wildman–Crippen MR) is 77.8 cm³/mol. The summed E-state index contributed by atoms with van der Waals surface area (Å²) in [6.45, 7) is 5.32. The SMILES string of the molecule is CCN1CCCC1CNC(=O)CC1CCC(N)CC1. The van der Waals surface area contributed by atoms with E-state index < -0.39 is 0 Å². The smallest absolute Gasteiger partial charge is 0.220 e. The summed E-state index contributed by atoms with van der Waals surface area (Å²) < 4.78 is 0. The molecule has 1 atom stereocenters. The van der Waals surface area contributed by atoms with E-state index in [1.165, 1.54) is 19.4 Å². The molecule has 2 fully saturated rings. The molecule has 0 aromatic heterocycles. The number of rotatable bonds is 5. The number of carbonyl (C=O) groups excluding carboxylic acids is 1. The molecule has 1 amide bonds. The van der Waals surface area contributed by atoms with Crippen molar-refractivity contribution in [2.75, 3.05) is 19.6 Å². The van der Waals surface area contributed by atoms with Gasteiger partial charge in [-0.3, -0.25) is 9.69 Å². The highest BCUT2D eigenvalue weighted by molar-refractivity contribution is 5.76. The molecule has 0 radical (unpaired) electrons. The number of carbonyl (C=O) groups is 1. The van der Waals surface area contributed by atoms with Crippen molar-refractivity contribution >= 4 is 5.91 Å². The van der Waals surface area contributed by atoms with Gasteiger partial charge in [0.1, 0.15) is 0 Å². The molecule has 3 N–H and O–H groups in total. The van der Waals surface area contributed by atoms with Gasteiger partial charge in [-0.25, -0.2) is 0 Å². The molecule has 1 saturated carbocycles. The minimum atomic E-state index is 0.239. The molecular formula is C15H29N3O. The van der Waals surface area contributed by atoms with E-state index in [9.17, 15) is 4.79 Å². The molecule has 0 bridgehead atoms. The Balaban J connectivity index is 1.64. The van der Waals surface area contributed by atoms with Crippen molar-refractivity contribution in [2.45, 2.75) is 64.0 Å². The van der Waals surface area contributed by atoms with Crippen molar-refractivity contribution < 1.29 is 4.79 Å². The van der Waals surface area contributed by atoms with Crippen molar-refractivity contribution in [1.29, 1.82) is 0 Å². The molecule has 1 aliphatic carbocycles. The molecule has 4 nitrogen and oxygen atoms in total. The van der Waals surface area contributed by atoms with Crippen LogP contribution in [0.5, 0.6) is 0 Å². The second-order valence-corrected chi connectivity index (χ2v) is 6.21. The first-order valence-corrected chi connectivity index (χ1v) is 7.95. The van der Waals surface area contributed by atoms with Crippen LogP contribution in [0.1, 0.15) is 51.9 Å². The fourth-order valence-electron chi connectivity index (χ4n) is 3.50. The molecule has 0 aromatic rings. The van der Waals surface area contributed by atoms with Gasteiger partial charge >= 0.3 is 0 Å². The number of hydrogen-bond acceptors (Lipinski definition) is 3. The molecular weight excluding hydrogens is 238 g/mol. The quantitative estimate of drug-likeness (QED) is 0.793. The van der Waals surface area contributed by atoms with E-state index in [2.05, 4.69) is 17.1 Å². The predicted octanol–water partition coefficient (Wildman–Crippen LogP) is 1.49. The van der Waals surface area contributed by atoms with Crippen LogP contribution in [0, 0.1) is 5.92 Å². The standard InChI is InChI=1S/C15H29N3O/c1-2-18-9-3-4-14(18)11-17-15(19)10-12-5-7-13(16)8-6-12/h12-14H,2-11,16H2,1H3,(H,17,19). The van der Waals surface area contributed by atoms with Crippen LogP contribution < -0.4 is 11.1 Å². The molecule has 110 valence electrons. The van der Waals surface area contributed by atoms with E-state index in [-0.39, 0.29) is 5.91 Å². The van der Waals surface area contributed by atoms with Gasteiger partial charge < -0.3 is 11.1 Å². The Kier molecular flexibility index (Phi) is 5.64. The zero-order valence-electron chi connectivity index (χ0n) is 12.2. The number of nitrogens with one attached hydrogen (secondary N) is 1. The molecule has 4 heteroatoms. The van der Waals surface area contributed by atoms with Gasteiger partial charge in [0.05, 0.1) is 0 Å². The Labute approximate surface area is 117 Å². The van der Waals surface area contributed by atoms with Crippen LogP contribution in [-0.4, -0.2) is 42.5 Å². The third-order valence-electron chi connectivity index (χ3n) is 4.81. The topological polar surface area (TPSA) is 58.4 Å². The summed E-state index contributed by atoms with van der Waals surface area (Å²) in [5.74, 6) is 0.800. The molecule has 0 aromatic carbocycles. The van der Waals surface area contributed by atoms with E-state index in [1.807, 2.05) is 0 Å². The van der Waals surface area contributed by atoms with Crippen LogP contribution in [0.25, 0.3) is 0 Å². The van der Waals surface area contributed by atoms with E-state index in [0.717, 1.165) is 38.8 Å².